The third-order valence-electron chi connectivity index (χ3n) is 3.96. The molecule has 0 aliphatic carbocycles. The molecule has 1 saturated heterocycles. The van der Waals surface area contributed by atoms with Crippen LogP contribution in [0.5, 0.6) is 0 Å². The lowest BCUT2D eigenvalue weighted by Crippen LogP contribution is -2.24. The number of rotatable bonds is 4. The average molecular weight is 365 g/mol. The van der Waals surface area contributed by atoms with Crippen molar-refractivity contribution < 1.29 is 14.9 Å². The molecule has 23 heavy (non-hydrogen) atoms. The first-order valence-corrected chi connectivity index (χ1v) is 9.94. The van der Waals surface area contributed by atoms with Gasteiger partial charge in [0.05, 0.1) is 18.8 Å². The highest BCUT2D eigenvalue weighted by Gasteiger charge is 2.35. The van der Waals surface area contributed by atoms with Crippen LogP contribution >= 0.6 is 34.0 Å². The van der Waals surface area contributed by atoms with Crippen LogP contribution in [0.25, 0.3) is 19.5 Å². The molecule has 6 heteroatoms. The summed E-state index contributed by atoms with van der Waals surface area (Å²) in [7, 11) is 0. The van der Waals surface area contributed by atoms with Crippen LogP contribution in [-0.2, 0) is 4.74 Å². The Morgan fingerprint density at radius 1 is 1.00 bits per heavy atom. The third kappa shape index (κ3) is 3.03. The summed E-state index contributed by atoms with van der Waals surface area (Å²) >= 11 is 5.26. The average Bonchev–Trinajstić information content (AvgIpc) is 3.32. The molecule has 3 aromatic rings. The Morgan fingerprint density at radius 3 is 2.43 bits per heavy atom. The van der Waals surface area contributed by atoms with E-state index in [-0.39, 0.29) is 12.7 Å². The second kappa shape index (κ2) is 6.47. The van der Waals surface area contributed by atoms with Crippen molar-refractivity contribution in [2.24, 2.45) is 0 Å². The maximum atomic E-state index is 9.88. The zero-order valence-corrected chi connectivity index (χ0v) is 14.7. The normalized spacial score (nSPS) is 24.3. The topological polar surface area (TPSA) is 49.7 Å². The number of thiophene rings is 3. The second-order valence-corrected chi connectivity index (χ2v) is 8.64. The van der Waals surface area contributed by atoms with Crippen molar-refractivity contribution in [1.82, 2.24) is 0 Å². The quantitative estimate of drug-likeness (QED) is 0.722. The molecule has 0 aromatic carbocycles. The van der Waals surface area contributed by atoms with Gasteiger partial charge in [-0.3, -0.25) is 0 Å². The molecular formula is C17H16O3S3. The molecule has 1 fully saturated rings. The van der Waals surface area contributed by atoms with Gasteiger partial charge in [-0.25, -0.2) is 0 Å². The van der Waals surface area contributed by atoms with Gasteiger partial charge in [0.1, 0.15) is 6.10 Å². The van der Waals surface area contributed by atoms with Crippen molar-refractivity contribution in [3.63, 3.8) is 0 Å². The van der Waals surface area contributed by atoms with E-state index in [4.69, 9.17) is 4.74 Å². The van der Waals surface area contributed by atoms with E-state index in [1.165, 1.54) is 19.5 Å². The maximum Gasteiger partial charge on any atom is 0.107 e. The van der Waals surface area contributed by atoms with Gasteiger partial charge in [-0.1, -0.05) is 6.07 Å². The molecule has 0 bridgehead atoms. The van der Waals surface area contributed by atoms with Crippen LogP contribution in [0, 0.1) is 0 Å². The molecule has 2 N–H and O–H groups in total. The summed E-state index contributed by atoms with van der Waals surface area (Å²) in [5.74, 6) is 0. The number of hydrogen-bond donors (Lipinski definition) is 2. The van der Waals surface area contributed by atoms with Gasteiger partial charge < -0.3 is 14.9 Å². The molecule has 4 rings (SSSR count). The van der Waals surface area contributed by atoms with Gasteiger partial charge in [0.2, 0.25) is 0 Å². The fourth-order valence-corrected chi connectivity index (χ4v) is 5.74. The third-order valence-corrected chi connectivity index (χ3v) is 7.48. The minimum absolute atomic E-state index is 0.113. The SMILES string of the molecule is OCC1OC(c2ccc(-c3ccc(-c4cccs4)s3)s2)CC1O. The standard InChI is InChI=1S/C17H16O3S3/c18-9-12-10(19)8-11(20-12)13-3-4-16(22-13)17-6-5-15(23-17)14-2-1-7-21-14/h1-7,10-12,18-19H,8-9H2. The highest BCUT2D eigenvalue weighted by molar-refractivity contribution is 7.26. The lowest BCUT2D eigenvalue weighted by Gasteiger charge is -2.10. The number of ether oxygens (including phenoxy) is 1. The zero-order valence-electron chi connectivity index (χ0n) is 12.2. The van der Waals surface area contributed by atoms with Gasteiger partial charge in [0, 0.05) is 30.8 Å². The van der Waals surface area contributed by atoms with Gasteiger partial charge in [-0.05, 0) is 35.7 Å². The van der Waals surface area contributed by atoms with E-state index >= 15 is 0 Å². The van der Waals surface area contributed by atoms with Crippen LogP contribution < -0.4 is 0 Å². The molecule has 3 nitrogen and oxygen atoms in total. The molecule has 3 aromatic heterocycles. The summed E-state index contributed by atoms with van der Waals surface area (Å²) < 4.78 is 5.74. The zero-order chi connectivity index (χ0) is 15.8. The molecule has 4 heterocycles. The van der Waals surface area contributed by atoms with Gasteiger partial charge in [0.15, 0.2) is 0 Å². The summed E-state index contributed by atoms with van der Waals surface area (Å²) in [6.45, 7) is -0.134. The fourth-order valence-electron chi connectivity index (χ4n) is 2.76. The van der Waals surface area contributed by atoms with Gasteiger partial charge in [-0.15, -0.1) is 34.0 Å². The van der Waals surface area contributed by atoms with E-state index in [0.717, 1.165) is 4.88 Å². The summed E-state index contributed by atoms with van der Waals surface area (Å²) in [6, 6.07) is 12.7. The predicted octanol–water partition coefficient (Wildman–Crippen LogP) is 4.39. The number of aliphatic hydroxyl groups is 2. The molecule has 1 aliphatic heterocycles. The molecule has 0 amide bonds. The minimum atomic E-state index is -0.581. The van der Waals surface area contributed by atoms with E-state index in [0.29, 0.717) is 6.42 Å². The summed E-state index contributed by atoms with van der Waals surface area (Å²) in [4.78, 5) is 6.17. The van der Waals surface area contributed by atoms with E-state index in [1.807, 2.05) is 0 Å². The van der Waals surface area contributed by atoms with E-state index < -0.39 is 12.2 Å². The van der Waals surface area contributed by atoms with Gasteiger partial charge in [-0.2, -0.15) is 0 Å². The molecule has 3 atom stereocenters. The Balaban J connectivity index is 1.55. The first-order valence-electron chi connectivity index (χ1n) is 7.43. The van der Waals surface area contributed by atoms with Gasteiger partial charge in [0.25, 0.3) is 0 Å². The number of hydrogen-bond acceptors (Lipinski definition) is 6. The monoisotopic (exact) mass is 364 g/mol. The van der Waals surface area contributed by atoms with Crippen LogP contribution in [0.4, 0.5) is 0 Å². The smallest absolute Gasteiger partial charge is 0.107 e. The molecule has 120 valence electrons. The van der Waals surface area contributed by atoms with Gasteiger partial charge >= 0.3 is 0 Å². The Kier molecular flexibility index (Phi) is 4.36. The first kappa shape index (κ1) is 15.5. The van der Waals surface area contributed by atoms with Crippen LogP contribution in [0.1, 0.15) is 17.4 Å². The Bertz CT molecular complexity index is 775. The lowest BCUT2D eigenvalue weighted by atomic mass is 10.1. The van der Waals surface area contributed by atoms with Crippen molar-refractivity contribution in [1.29, 1.82) is 0 Å². The Labute approximate surface area is 146 Å². The second-order valence-electron chi connectivity index (χ2n) is 5.49. The summed E-state index contributed by atoms with van der Waals surface area (Å²) in [6.07, 6.45) is -0.603. The largest absolute Gasteiger partial charge is 0.394 e. The fraction of sp³-hybridized carbons (Fsp3) is 0.294. The van der Waals surface area contributed by atoms with Crippen molar-refractivity contribution in [3.05, 3.63) is 46.7 Å². The van der Waals surface area contributed by atoms with E-state index in [2.05, 4.69) is 41.8 Å². The first-order chi connectivity index (χ1) is 11.2. The van der Waals surface area contributed by atoms with Crippen molar-refractivity contribution in [2.45, 2.75) is 24.7 Å². The molecule has 3 unspecified atom stereocenters. The maximum absolute atomic E-state index is 9.88. The van der Waals surface area contributed by atoms with Crippen molar-refractivity contribution in [3.8, 4) is 19.5 Å². The van der Waals surface area contributed by atoms with Crippen LogP contribution in [0.2, 0.25) is 0 Å². The Hall–Kier alpha value is -1.02. The predicted molar refractivity (Wildman–Crippen MR) is 96.3 cm³/mol. The molecule has 0 saturated carbocycles. The molecular weight excluding hydrogens is 348 g/mol. The van der Waals surface area contributed by atoms with Crippen LogP contribution in [0.3, 0.4) is 0 Å². The minimum Gasteiger partial charge on any atom is -0.394 e. The van der Waals surface area contributed by atoms with Crippen molar-refractivity contribution >= 4 is 34.0 Å². The number of aliphatic hydroxyl groups excluding tert-OH is 2. The lowest BCUT2D eigenvalue weighted by molar-refractivity contribution is -0.0216. The van der Waals surface area contributed by atoms with Crippen LogP contribution in [0.15, 0.2) is 41.8 Å². The Morgan fingerprint density at radius 2 is 1.74 bits per heavy atom. The molecule has 0 spiro atoms. The van der Waals surface area contributed by atoms with Crippen molar-refractivity contribution in [2.75, 3.05) is 6.61 Å². The summed E-state index contributed by atoms with van der Waals surface area (Å²) in [5.41, 5.74) is 0. The highest BCUT2D eigenvalue weighted by Crippen LogP contribution is 2.42. The van der Waals surface area contributed by atoms with E-state index in [9.17, 15) is 10.2 Å². The highest BCUT2D eigenvalue weighted by atomic mass is 32.1. The van der Waals surface area contributed by atoms with E-state index in [1.54, 1.807) is 34.0 Å². The summed E-state index contributed by atoms with van der Waals surface area (Å²) in [5, 5.41) is 21.2. The van der Waals surface area contributed by atoms with Crippen LogP contribution in [-0.4, -0.2) is 29.0 Å². The molecule has 0 radical (unpaired) electrons. The molecule has 1 aliphatic rings.